The van der Waals surface area contributed by atoms with Crippen molar-refractivity contribution >= 4 is 35.2 Å². The Balaban J connectivity index is 1.65. The molecule has 39 heavy (non-hydrogen) atoms. The zero-order valence-corrected chi connectivity index (χ0v) is 23.8. The smallest absolute Gasteiger partial charge is 0.405 e. The second-order valence-electron chi connectivity index (χ2n) is 10.3. The molecule has 3 unspecified atom stereocenters. The van der Waals surface area contributed by atoms with Crippen molar-refractivity contribution in [2.45, 2.75) is 56.7 Å². The maximum atomic E-state index is 12.2. The van der Waals surface area contributed by atoms with Crippen LogP contribution in [0.4, 0.5) is 4.79 Å². The van der Waals surface area contributed by atoms with E-state index < -0.39 is 17.7 Å². The van der Waals surface area contributed by atoms with Gasteiger partial charge in [0, 0.05) is 26.1 Å². The van der Waals surface area contributed by atoms with Gasteiger partial charge >= 0.3 is 6.09 Å². The highest BCUT2D eigenvalue weighted by Gasteiger charge is 2.40. The molecule has 6 nitrogen and oxygen atoms in total. The molecular weight excluding hydrogens is 533 g/mol. The molecule has 0 spiro atoms. The molecule has 206 valence electrons. The van der Waals surface area contributed by atoms with Crippen molar-refractivity contribution in [1.82, 2.24) is 15.5 Å². The Morgan fingerprint density at radius 1 is 0.923 bits per heavy atom. The number of carbonyl (C=O) groups excluding carboxylic acids is 1. The molecule has 0 aliphatic carbocycles. The largest absolute Gasteiger partial charge is 0.465 e. The number of halogens is 2. The van der Waals surface area contributed by atoms with Crippen LogP contribution in [0.2, 0.25) is 10.0 Å². The number of piperidine rings is 1. The maximum Gasteiger partial charge on any atom is 0.405 e. The summed E-state index contributed by atoms with van der Waals surface area (Å²) in [6.45, 7) is 5.26. The summed E-state index contributed by atoms with van der Waals surface area (Å²) in [7, 11) is 0. The predicted molar refractivity (Wildman–Crippen MR) is 156 cm³/mol. The van der Waals surface area contributed by atoms with E-state index >= 15 is 0 Å². The summed E-state index contributed by atoms with van der Waals surface area (Å²) < 4.78 is 0. The monoisotopic (exact) mass is 567 g/mol. The van der Waals surface area contributed by atoms with Gasteiger partial charge in [-0.2, -0.15) is 0 Å². The van der Waals surface area contributed by atoms with E-state index in [2.05, 4.69) is 46.7 Å². The third-order valence-electron chi connectivity index (χ3n) is 7.89. The molecule has 8 heteroatoms. The van der Waals surface area contributed by atoms with Crippen molar-refractivity contribution < 1.29 is 14.7 Å². The summed E-state index contributed by atoms with van der Waals surface area (Å²) in [5, 5.41) is 16.5. The third kappa shape index (κ3) is 7.13. The first-order valence-corrected chi connectivity index (χ1v) is 14.0. The number of hydrogen-bond acceptors (Lipinski definition) is 3. The Morgan fingerprint density at radius 2 is 1.54 bits per heavy atom. The van der Waals surface area contributed by atoms with Gasteiger partial charge in [0.15, 0.2) is 0 Å². The second kappa shape index (κ2) is 12.9. The molecule has 1 saturated heterocycles. The van der Waals surface area contributed by atoms with Crippen LogP contribution in [0.5, 0.6) is 0 Å². The van der Waals surface area contributed by atoms with E-state index in [1.807, 2.05) is 42.5 Å². The molecule has 0 radical (unpaired) electrons. The molecule has 1 fully saturated rings. The van der Waals surface area contributed by atoms with Crippen LogP contribution in [-0.2, 0) is 10.3 Å². The number of hydrogen-bond donors (Lipinski definition) is 3. The van der Waals surface area contributed by atoms with Gasteiger partial charge < -0.3 is 15.7 Å². The van der Waals surface area contributed by atoms with Crippen molar-refractivity contribution in [2.75, 3.05) is 13.1 Å². The number of amides is 2. The van der Waals surface area contributed by atoms with Gasteiger partial charge in [-0.05, 0) is 54.0 Å². The van der Waals surface area contributed by atoms with E-state index in [0.717, 1.165) is 37.1 Å². The normalized spacial score (nSPS) is 17.5. The van der Waals surface area contributed by atoms with E-state index in [4.69, 9.17) is 23.2 Å². The number of carbonyl (C=O) groups is 2. The Kier molecular flexibility index (Phi) is 9.54. The number of likely N-dealkylation sites (tertiary alicyclic amines) is 1. The number of benzene rings is 3. The zero-order valence-electron chi connectivity index (χ0n) is 22.2. The Labute approximate surface area is 240 Å². The molecule has 3 N–H and O–H groups in total. The molecule has 1 heterocycles. The highest BCUT2D eigenvalue weighted by molar-refractivity contribution is 6.42. The van der Waals surface area contributed by atoms with Crippen molar-refractivity contribution in [3.63, 3.8) is 0 Å². The Morgan fingerprint density at radius 3 is 2.10 bits per heavy atom. The van der Waals surface area contributed by atoms with Gasteiger partial charge in [0.1, 0.15) is 0 Å². The molecule has 0 bridgehead atoms. The molecule has 0 saturated carbocycles. The van der Waals surface area contributed by atoms with E-state index in [0.29, 0.717) is 16.5 Å². The molecule has 2 amide bonds. The van der Waals surface area contributed by atoms with Crippen LogP contribution in [-0.4, -0.2) is 41.1 Å². The molecule has 1 aliphatic rings. The highest BCUT2D eigenvalue weighted by Crippen LogP contribution is 2.38. The fourth-order valence-electron chi connectivity index (χ4n) is 5.86. The van der Waals surface area contributed by atoms with Gasteiger partial charge in [0.25, 0.3) is 0 Å². The number of nitrogens with zero attached hydrogens (tertiary/aromatic N) is 1. The maximum absolute atomic E-state index is 12.2. The van der Waals surface area contributed by atoms with Crippen LogP contribution in [0.1, 0.15) is 61.8 Å². The molecule has 1 aliphatic heterocycles. The van der Waals surface area contributed by atoms with Crippen LogP contribution in [0.3, 0.4) is 0 Å². The van der Waals surface area contributed by atoms with Gasteiger partial charge in [-0.1, -0.05) is 96.9 Å². The molecule has 4 rings (SSSR count). The summed E-state index contributed by atoms with van der Waals surface area (Å²) in [6.07, 6.45) is 0.944. The minimum atomic E-state index is -1.09. The fourth-order valence-corrected chi connectivity index (χ4v) is 6.17. The first-order valence-electron chi connectivity index (χ1n) is 13.3. The van der Waals surface area contributed by atoms with Gasteiger partial charge in [-0.3, -0.25) is 9.69 Å². The molecular formula is C31H35Cl2N3O3. The summed E-state index contributed by atoms with van der Waals surface area (Å²) in [6, 6.07) is 25.2. The molecule has 3 aromatic rings. The molecule has 3 atom stereocenters. The second-order valence-corrected chi connectivity index (χ2v) is 11.2. The standard InChI is InChI=1S/C31H35Cl2N3O3/c1-21(23-9-5-3-6-10-23)29(20-28(34-30(38)39)24-13-14-26(32)27(33)19-24)36-17-15-31(16-18-36,35-22(2)37)25-11-7-4-8-12-25/h3-14,19,21,28-29,34H,15-18,20H2,1-2H3,(H,35,37)(H,38,39). The first kappa shape index (κ1) is 28.9. The van der Waals surface area contributed by atoms with Gasteiger partial charge in [0.05, 0.1) is 21.6 Å². The number of rotatable bonds is 9. The lowest BCUT2D eigenvalue weighted by molar-refractivity contribution is -0.121. The minimum absolute atomic E-state index is 0.0183. The van der Waals surface area contributed by atoms with Crippen molar-refractivity contribution in [2.24, 2.45) is 0 Å². The van der Waals surface area contributed by atoms with Crippen molar-refractivity contribution in [1.29, 1.82) is 0 Å². The Hall–Kier alpha value is -3.06. The molecule has 3 aromatic carbocycles. The average molecular weight is 569 g/mol. The number of carboxylic acid groups (broad SMARTS) is 1. The summed E-state index contributed by atoms with van der Waals surface area (Å²) in [5.74, 6) is 0.0731. The minimum Gasteiger partial charge on any atom is -0.465 e. The van der Waals surface area contributed by atoms with E-state index in [-0.39, 0.29) is 17.9 Å². The van der Waals surface area contributed by atoms with Crippen LogP contribution in [0.15, 0.2) is 78.9 Å². The third-order valence-corrected chi connectivity index (χ3v) is 8.62. The fraction of sp³-hybridized carbons (Fsp3) is 0.355. The van der Waals surface area contributed by atoms with Gasteiger partial charge in [-0.15, -0.1) is 0 Å². The van der Waals surface area contributed by atoms with Crippen LogP contribution in [0.25, 0.3) is 0 Å². The summed E-state index contributed by atoms with van der Waals surface area (Å²) in [4.78, 5) is 26.5. The van der Waals surface area contributed by atoms with Crippen molar-refractivity contribution in [3.05, 3.63) is 106 Å². The lowest BCUT2D eigenvalue weighted by atomic mass is 9.78. The highest BCUT2D eigenvalue weighted by atomic mass is 35.5. The SMILES string of the molecule is CC(=O)NC1(c2ccccc2)CCN(C(CC(NC(=O)O)c2ccc(Cl)c(Cl)c2)C(C)c2ccccc2)CC1. The van der Waals surface area contributed by atoms with Gasteiger partial charge in [0.2, 0.25) is 5.91 Å². The van der Waals surface area contributed by atoms with Gasteiger partial charge in [-0.25, -0.2) is 4.79 Å². The lowest BCUT2D eigenvalue weighted by Crippen LogP contribution is -2.55. The first-order chi connectivity index (χ1) is 18.7. The van der Waals surface area contributed by atoms with Crippen LogP contribution >= 0.6 is 23.2 Å². The zero-order chi connectivity index (χ0) is 28.0. The van der Waals surface area contributed by atoms with E-state index in [9.17, 15) is 14.7 Å². The van der Waals surface area contributed by atoms with Crippen molar-refractivity contribution in [3.8, 4) is 0 Å². The Bertz CT molecular complexity index is 1260. The lowest BCUT2D eigenvalue weighted by Gasteiger charge is -2.47. The number of nitrogens with one attached hydrogen (secondary N) is 2. The quantitative estimate of drug-likeness (QED) is 0.260. The molecule has 0 aromatic heterocycles. The van der Waals surface area contributed by atoms with E-state index in [1.165, 1.54) is 5.56 Å². The summed E-state index contributed by atoms with van der Waals surface area (Å²) in [5.41, 5.74) is 2.62. The predicted octanol–water partition coefficient (Wildman–Crippen LogP) is 6.99. The summed E-state index contributed by atoms with van der Waals surface area (Å²) >= 11 is 12.5. The topological polar surface area (TPSA) is 81.7 Å². The van der Waals surface area contributed by atoms with E-state index in [1.54, 1.807) is 19.1 Å². The van der Waals surface area contributed by atoms with Crippen LogP contribution in [0, 0.1) is 0 Å². The van der Waals surface area contributed by atoms with Crippen LogP contribution < -0.4 is 10.6 Å². The average Bonchev–Trinajstić information content (AvgIpc) is 2.93.